The molecule has 0 radical (unpaired) electrons. The Labute approximate surface area is 132 Å². The molecular formula is C16H17FN2O2S. The van der Waals surface area contributed by atoms with E-state index in [0.717, 1.165) is 13.1 Å². The molecule has 3 rings (SSSR count). The zero-order valence-electron chi connectivity index (χ0n) is 12.3. The van der Waals surface area contributed by atoms with E-state index in [2.05, 4.69) is 9.88 Å². The number of aryl methyl sites for hydroxylation is 1. The van der Waals surface area contributed by atoms with Gasteiger partial charge >= 0.3 is 0 Å². The molecule has 1 aromatic carbocycles. The Kier molecular flexibility index (Phi) is 4.61. The molecule has 1 fully saturated rings. The number of nitrogens with zero attached hydrogens (tertiary/aromatic N) is 2. The SMILES string of the molecule is Cc1ccc(-c2nc(C(=O)CN3CCOCC3)cs2)cc1F. The summed E-state index contributed by atoms with van der Waals surface area (Å²) in [7, 11) is 0. The molecular weight excluding hydrogens is 303 g/mol. The summed E-state index contributed by atoms with van der Waals surface area (Å²) in [5, 5.41) is 2.42. The monoisotopic (exact) mass is 320 g/mol. The number of ether oxygens (including phenoxy) is 1. The van der Waals surface area contributed by atoms with E-state index in [-0.39, 0.29) is 11.6 Å². The smallest absolute Gasteiger partial charge is 0.195 e. The number of carbonyl (C=O) groups is 1. The number of rotatable bonds is 4. The predicted octanol–water partition coefficient (Wildman–Crippen LogP) is 2.77. The molecule has 1 aliphatic rings. The highest BCUT2D eigenvalue weighted by Gasteiger charge is 2.18. The van der Waals surface area contributed by atoms with E-state index in [1.807, 2.05) is 6.07 Å². The molecule has 116 valence electrons. The summed E-state index contributed by atoms with van der Waals surface area (Å²) in [6.45, 7) is 4.95. The summed E-state index contributed by atoms with van der Waals surface area (Å²) in [4.78, 5) is 18.7. The minimum Gasteiger partial charge on any atom is -0.379 e. The van der Waals surface area contributed by atoms with Gasteiger partial charge in [-0.1, -0.05) is 12.1 Å². The van der Waals surface area contributed by atoms with E-state index in [1.54, 1.807) is 18.4 Å². The van der Waals surface area contributed by atoms with Gasteiger partial charge in [-0.25, -0.2) is 9.37 Å². The van der Waals surface area contributed by atoms with Crippen LogP contribution < -0.4 is 0 Å². The van der Waals surface area contributed by atoms with Crippen LogP contribution in [0.5, 0.6) is 0 Å². The van der Waals surface area contributed by atoms with Crippen LogP contribution in [-0.2, 0) is 4.74 Å². The number of morpholine rings is 1. The molecule has 22 heavy (non-hydrogen) atoms. The first kappa shape index (κ1) is 15.3. The Morgan fingerprint density at radius 2 is 2.18 bits per heavy atom. The van der Waals surface area contributed by atoms with Gasteiger partial charge in [0.1, 0.15) is 16.5 Å². The average molecular weight is 320 g/mol. The lowest BCUT2D eigenvalue weighted by Gasteiger charge is -2.25. The summed E-state index contributed by atoms with van der Waals surface area (Å²) in [5.74, 6) is -0.258. The second-order valence-corrected chi connectivity index (χ2v) is 6.17. The molecule has 0 saturated carbocycles. The zero-order valence-corrected chi connectivity index (χ0v) is 13.2. The fourth-order valence-corrected chi connectivity index (χ4v) is 3.13. The lowest BCUT2D eigenvalue weighted by molar-refractivity contribution is 0.0370. The summed E-state index contributed by atoms with van der Waals surface area (Å²) in [6, 6.07) is 5.01. The number of hydrogen-bond acceptors (Lipinski definition) is 5. The summed E-state index contributed by atoms with van der Waals surface area (Å²) < 4.78 is 18.9. The Balaban J connectivity index is 1.72. The summed E-state index contributed by atoms with van der Waals surface area (Å²) >= 11 is 1.37. The Hall–Kier alpha value is -1.63. The van der Waals surface area contributed by atoms with Gasteiger partial charge in [-0.2, -0.15) is 0 Å². The van der Waals surface area contributed by atoms with Gasteiger partial charge in [0, 0.05) is 24.0 Å². The molecule has 0 atom stereocenters. The first-order valence-electron chi connectivity index (χ1n) is 7.19. The minimum atomic E-state index is -0.256. The van der Waals surface area contributed by atoms with Gasteiger partial charge in [0.05, 0.1) is 19.8 Å². The zero-order chi connectivity index (χ0) is 15.5. The molecule has 0 bridgehead atoms. The fraction of sp³-hybridized carbons (Fsp3) is 0.375. The van der Waals surface area contributed by atoms with E-state index in [0.29, 0.717) is 41.6 Å². The Morgan fingerprint density at radius 3 is 2.91 bits per heavy atom. The number of aromatic nitrogens is 1. The molecule has 0 spiro atoms. The third-order valence-corrected chi connectivity index (χ3v) is 4.57. The van der Waals surface area contributed by atoms with Crippen LogP contribution in [0.3, 0.4) is 0 Å². The van der Waals surface area contributed by atoms with Crippen LogP contribution in [0.2, 0.25) is 0 Å². The van der Waals surface area contributed by atoms with Gasteiger partial charge in [-0.15, -0.1) is 11.3 Å². The highest BCUT2D eigenvalue weighted by Crippen LogP contribution is 2.25. The van der Waals surface area contributed by atoms with E-state index in [9.17, 15) is 9.18 Å². The Morgan fingerprint density at radius 1 is 1.41 bits per heavy atom. The van der Waals surface area contributed by atoms with Crippen molar-refractivity contribution < 1.29 is 13.9 Å². The summed E-state index contributed by atoms with van der Waals surface area (Å²) in [6.07, 6.45) is 0. The van der Waals surface area contributed by atoms with Crippen molar-refractivity contribution in [1.82, 2.24) is 9.88 Å². The van der Waals surface area contributed by atoms with E-state index >= 15 is 0 Å². The van der Waals surface area contributed by atoms with Crippen molar-refractivity contribution in [2.24, 2.45) is 0 Å². The van der Waals surface area contributed by atoms with Crippen LogP contribution in [0.25, 0.3) is 10.6 Å². The van der Waals surface area contributed by atoms with Gasteiger partial charge in [0.2, 0.25) is 0 Å². The van der Waals surface area contributed by atoms with Crippen LogP contribution in [0.4, 0.5) is 4.39 Å². The highest BCUT2D eigenvalue weighted by molar-refractivity contribution is 7.13. The quantitative estimate of drug-likeness (QED) is 0.813. The normalized spacial score (nSPS) is 15.9. The molecule has 1 aromatic heterocycles. The molecule has 1 saturated heterocycles. The van der Waals surface area contributed by atoms with E-state index in [1.165, 1.54) is 17.4 Å². The van der Waals surface area contributed by atoms with Crippen molar-refractivity contribution in [2.45, 2.75) is 6.92 Å². The average Bonchev–Trinajstić information content (AvgIpc) is 3.01. The molecule has 0 N–H and O–H groups in total. The first-order valence-corrected chi connectivity index (χ1v) is 8.07. The molecule has 0 amide bonds. The number of benzene rings is 1. The number of Topliss-reactive ketones (excluding diaryl/α,β-unsaturated/α-hetero) is 1. The Bertz CT molecular complexity index is 681. The maximum Gasteiger partial charge on any atom is 0.195 e. The topological polar surface area (TPSA) is 42.4 Å². The number of halogens is 1. The van der Waals surface area contributed by atoms with E-state index < -0.39 is 0 Å². The highest BCUT2D eigenvalue weighted by atomic mass is 32.1. The van der Waals surface area contributed by atoms with Gasteiger partial charge < -0.3 is 4.74 Å². The molecule has 1 aliphatic heterocycles. The van der Waals surface area contributed by atoms with Gasteiger partial charge in [-0.05, 0) is 18.6 Å². The molecule has 4 nitrogen and oxygen atoms in total. The maximum absolute atomic E-state index is 13.6. The number of carbonyl (C=O) groups excluding carboxylic acids is 1. The van der Waals surface area contributed by atoms with Crippen LogP contribution in [-0.4, -0.2) is 48.5 Å². The largest absolute Gasteiger partial charge is 0.379 e. The van der Waals surface area contributed by atoms with Gasteiger partial charge in [0.25, 0.3) is 0 Å². The lowest BCUT2D eigenvalue weighted by Crippen LogP contribution is -2.39. The molecule has 0 unspecified atom stereocenters. The van der Waals surface area contributed by atoms with Crippen LogP contribution >= 0.6 is 11.3 Å². The fourth-order valence-electron chi connectivity index (χ4n) is 2.30. The van der Waals surface area contributed by atoms with Crippen molar-refractivity contribution >= 4 is 17.1 Å². The van der Waals surface area contributed by atoms with Crippen LogP contribution in [0, 0.1) is 12.7 Å². The number of thiazole rings is 1. The third kappa shape index (κ3) is 3.40. The first-order chi connectivity index (χ1) is 10.6. The molecule has 2 heterocycles. The summed E-state index contributed by atoms with van der Waals surface area (Å²) in [5.41, 5.74) is 1.76. The van der Waals surface area contributed by atoms with Crippen molar-refractivity contribution in [3.8, 4) is 10.6 Å². The lowest BCUT2D eigenvalue weighted by atomic mass is 10.1. The predicted molar refractivity (Wildman–Crippen MR) is 83.8 cm³/mol. The molecule has 0 aliphatic carbocycles. The van der Waals surface area contributed by atoms with Crippen molar-refractivity contribution in [1.29, 1.82) is 0 Å². The second-order valence-electron chi connectivity index (χ2n) is 5.31. The molecule has 6 heteroatoms. The minimum absolute atomic E-state index is 0.00279. The van der Waals surface area contributed by atoms with Gasteiger partial charge in [0.15, 0.2) is 5.78 Å². The maximum atomic E-state index is 13.6. The van der Waals surface area contributed by atoms with E-state index in [4.69, 9.17) is 4.74 Å². The standard InChI is InChI=1S/C16H17FN2O2S/c1-11-2-3-12(8-13(11)17)16-18-14(10-22-16)15(20)9-19-4-6-21-7-5-19/h2-3,8,10H,4-7,9H2,1H3. The third-order valence-electron chi connectivity index (χ3n) is 3.68. The van der Waals surface area contributed by atoms with Crippen LogP contribution in [0.1, 0.15) is 16.1 Å². The van der Waals surface area contributed by atoms with Crippen molar-refractivity contribution in [3.05, 3.63) is 40.7 Å². The second kappa shape index (κ2) is 6.64. The van der Waals surface area contributed by atoms with Crippen molar-refractivity contribution in [3.63, 3.8) is 0 Å². The van der Waals surface area contributed by atoms with Gasteiger partial charge in [-0.3, -0.25) is 9.69 Å². The number of ketones is 1. The number of hydrogen-bond donors (Lipinski definition) is 0. The van der Waals surface area contributed by atoms with Crippen molar-refractivity contribution in [2.75, 3.05) is 32.8 Å². The van der Waals surface area contributed by atoms with Crippen LogP contribution in [0.15, 0.2) is 23.6 Å². The molecule has 2 aromatic rings.